The fourth-order valence-electron chi connectivity index (χ4n) is 3.36. The monoisotopic (exact) mass is 550 g/mol. The van der Waals surface area contributed by atoms with Crippen LogP contribution in [0.3, 0.4) is 0 Å². The largest absolute Gasteiger partial charge is 0.322 e. The van der Waals surface area contributed by atoms with Gasteiger partial charge < -0.3 is 4.98 Å². The molecular weight excluding hydrogens is 531 g/mol. The molecule has 1 aromatic heterocycles. The summed E-state index contributed by atoms with van der Waals surface area (Å²) in [5.74, 6) is 0. The molecule has 3 aromatic rings. The third kappa shape index (κ3) is 4.64. The van der Waals surface area contributed by atoms with Gasteiger partial charge >= 0.3 is 0 Å². The first-order valence-corrected chi connectivity index (χ1v) is 13.7. The Labute approximate surface area is 183 Å². The van der Waals surface area contributed by atoms with Crippen LogP contribution in [0.5, 0.6) is 0 Å². The van der Waals surface area contributed by atoms with Gasteiger partial charge in [0.25, 0.3) is 5.56 Å². The zero-order valence-electron chi connectivity index (χ0n) is 16.2. The molecule has 0 saturated carbocycles. The second-order valence-electron chi connectivity index (χ2n) is 7.52. The normalized spacial score (nSPS) is 16.3. The SMILES string of the molecule is CCc1cc2ccc(C(C)(C#N)Cc3cccc(S(F)(F)(F)(F)I)c3)cc2[nH]c1=O. The molecule has 0 aliphatic rings. The number of rotatable bonds is 5. The topological polar surface area (TPSA) is 56.6 Å². The number of nitriles is 1. The molecule has 0 amide bonds. The van der Waals surface area contributed by atoms with Crippen LogP contribution in [-0.4, -0.2) is 4.98 Å². The van der Waals surface area contributed by atoms with Crippen LogP contribution in [0, 0.1) is 11.3 Å². The number of benzene rings is 2. The first kappa shape index (κ1) is 22.6. The Morgan fingerprint density at radius 3 is 2.43 bits per heavy atom. The van der Waals surface area contributed by atoms with Crippen LogP contribution in [0.2, 0.25) is 0 Å². The minimum atomic E-state index is -8.35. The summed E-state index contributed by atoms with van der Waals surface area (Å²) < 4.78 is 55.2. The van der Waals surface area contributed by atoms with Crippen molar-refractivity contribution >= 4 is 39.1 Å². The number of pyridine rings is 1. The molecule has 0 aliphatic carbocycles. The minimum absolute atomic E-state index is 0.0436. The van der Waals surface area contributed by atoms with E-state index in [1.807, 2.05) is 6.92 Å². The lowest BCUT2D eigenvalue weighted by molar-refractivity contribution is 0.489. The predicted octanol–water partition coefficient (Wildman–Crippen LogP) is 7.24. The van der Waals surface area contributed by atoms with E-state index in [9.17, 15) is 25.6 Å². The Bertz CT molecular complexity index is 1250. The fourth-order valence-corrected chi connectivity index (χ4v) is 4.89. The van der Waals surface area contributed by atoms with Crippen molar-refractivity contribution in [2.75, 3.05) is 0 Å². The van der Waals surface area contributed by atoms with Crippen LogP contribution in [-0.2, 0) is 18.3 Å². The van der Waals surface area contributed by atoms with Crippen molar-refractivity contribution in [2.24, 2.45) is 0 Å². The van der Waals surface area contributed by atoms with Crippen molar-refractivity contribution in [1.29, 1.82) is 5.26 Å². The van der Waals surface area contributed by atoms with Crippen LogP contribution in [0.4, 0.5) is 15.5 Å². The van der Waals surface area contributed by atoms with E-state index in [4.69, 9.17) is 0 Å². The standard InChI is InChI=1S/C21H19F4IN2OS/c1-3-15-10-16-7-8-17(11-19(16)28-20(15)29)21(2,13-27)12-14-5-4-6-18(9-14)30(22,23,24,25)26/h4-11H,3,12H2,1-2H3,(H,28,29). The van der Waals surface area contributed by atoms with Crippen molar-refractivity contribution in [3.63, 3.8) is 0 Å². The smallest absolute Gasteiger partial charge is 0.251 e. The third-order valence-electron chi connectivity index (χ3n) is 5.09. The molecule has 1 atom stereocenters. The summed E-state index contributed by atoms with van der Waals surface area (Å²) in [4.78, 5) is 13.6. The summed E-state index contributed by atoms with van der Waals surface area (Å²) >= 11 is -0.0436. The summed E-state index contributed by atoms with van der Waals surface area (Å²) in [6.07, 6.45) is 0.526. The van der Waals surface area contributed by atoms with Crippen LogP contribution in [0.15, 0.2) is 58.2 Å². The molecule has 1 N–H and O–H groups in total. The van der Waals surface area contributed by atoms with Gasteiger partial charge in [-0.25, -0.2) is 0 Å². The molecule has 1 unspecified atom stereocenters. The highest BCUT2D eigenvalue weighted by Crippen LogP contribution is 3.06. The van der Waals surface area contributed by atoms with Crippen molar-refractivity contribution < 1.29 is 15.5 Å². The van der Waals surface area contributed by atoms with Gasteiger partial charge in [0.1, 0.15) is 0 Å². The van der Waals surface area contributed by atoms with Crippen molar-refractivity contribution in [1.82, 2.24) is 4.98 Å². The summed E-state index contributed by atoms with van der Waals surface area (Å²) in [6, 6.07) is 13.1. The molecule has 0 bridgehead atoms. The summed E-state index contributed by atoms with van der Waals surface area (Å²) in [5.41, 5.74) is 0.519. The van der Waals surface area contributed by atoms with Gasteiger partial charge in [-0.1, -0.05) is 31.2 Å². The Hall–Kier alpha value is -2.06. The van der Waals surface area contributed by atoms with E-state index in [1.165, 1.54) is 6.07 Å². The Morgan fingerprint density at radius 1 is 1.13 bits per heavy atom. The van der Waals surface area contributed by atoms with E-state index in [1.54, 1.807) is 31.2 Å². The number of H-pyrrole nitrogens is 1. The van der Waals surface area contributed by atoms with Gasteiger partial charge in [-0.3, -0.25) is 4.79 Å². The maximum atomic E-state index is 13.8. The molecule has 0 saturated heterocycles. The van der Waals surface area contributed by atoms with Gasteiger partial charge in [0, 0.05) is 11.1 Å². The van der Waals surface area contributed by atoms with Gasteiger partial charge in [0.2, 0.25) is 7.01 Å². The Balaban J connectivity index is 2.05. The second kappa shape index (κ2) is 6.72. The number of nitrogens with zero attached hydrogens (tertiary/aromatic N) is 1. The molecule has 2 aromatic carbocycles. The predicted molar refractivity (Wildman–Crippen MR) is 121 cm³/mol. The van der Waals surface area contributed by atoms with Gasteiger partial charge in [-0.2, -0.15) is 5.26 Å². The second-order valence-corrected chi connectivity index (χ2v) is 15.2. The molecule has 1 heterocycles. The van der Waals surface area contributed by atoms with Gasteiger partial charge in [-0.05, 0) is 60.5 Å². The maximum Gasteiger partial charge on any atom is 0.251 e. The number of fused-ring (bicyclic) bond motifs is 1. The van der Waals surface area contributed by atoms with Gasteiger partial charge in [0.15, 0.2) is 0 Å². The number of aromatic amines is 1. The Kier molecular flexibility index (Phi) is 5.07. The number of hydrogen-bond donors (Lipinski definition) is 1. The Morgan fingerprint density at radius 2 is 1.83 bits per heavy atom. The zero-order valence-corrected chi connectivity index (χ0v) is 19.2. The number of aromatic nitrogens is 1. The van der Waals surface area contributed by atoms with E-state index in [0.29, 0.717) is 29.1 Å². The van der Waals surface area contributed by atoms with E-state index >= 15 is 0 Å². The van der Waals surface area contributed by atoms with Crippen LogP contribution < -0.4 is 5.56 Å². The third-order valence-corrected chi connectivity index (χ3v) is 7.76. The maximum absolute atomic E-state index is 13.8. The van der Waals surface area contributed by atoms with Crippen molar-refractivity contribution in [3.05, 3.63) is 75.6 Å². The van der Waals surface area contributed by atoms with Crippen molar-refractivity contribution in [3.8, 4) is 6.07 Å². The minimum Gasteiger partial charge on any atom is -0.322 e. The first-order valence-electron chi connectivity index (χ1n) is 9.06. The van der Waals surface area contributed by atoms with Crippen LogP contribution >= 0.6 is 28.2 Å². The van der Waals surface area contributed by atoms with Crippen LogP contribution in [0.25, 0.3) is 10.9 Å². The lowest BCUT2D eigenvalue weighted by Gasteiger charge is -2.43. The van der Waals surface area contributed by atoms with E-state index < -0.39 is 17.3 Å². The molecule has 0 radical (unpaired) electrons. The molecule has 3 nitrogen and oxygen atoms in total. The lowest BCUT2D eigenvalue weighted by atomic mass is 9.78. The van der Waals surface area contributed by atoms with Crippen molar-refractivity contribution in [2.45, 2.75) is 37.0 Å². The average Bonchev–Trinajstić information content (AvgIpc) is 2.65. The highest BCUT2D eigenvalue weighted by Gasteiger charge is 2.61. The zero-order chi connectivity index (χ0) is 22.4. The summed E-state index contributed by atoms with van der Waals surface area (Å²) in [6.45, 7) is 3.48. The average molecular weight is 550 g/mol. The van der Waals surface area contributed by atoms with E-state index in [2.05, 4.69) is 11.1 Å². The lowest BCUT2D eigenvalue weighted by Crippen LogP contribution is -2.23. The number of halogens is 5. The van der Waals surface area contributed by atoms with E-state index in [-0.39, 0.29) is 38.7 Å². The molecular formula is C21H19F4IN2OS. The number of aryl methyl sites for hydroxylation is 1. The molecule has 0 aliphatic heterocycles. The molecule has 3 rings (SSSR count). The first-order chi connectivity index (χ1) is 13.6. The quantitative estimate of drug-likeness (QED) is 0.269. The van der Waals surface area contributed by atoms with E-state index in [0.717, 1.165) is 17.5 Å². The molecule has 0 fully saturated rings. The molecule has 30 heavy (non-hydrogen) atoms. The molecule has 9 heteroatoms. The number of hydrogen-bond acceptors (Lipinski definition) is 2. The summed E-state index contributed by atoms with van der Waals surface area (Å²) in [5, 5.41) is 10.6. The van der Waals surface area contributed by atoms with Gasteiger partial charge in [-0.15, -0.1) is 15.5 Å². The summed E-state index contributed by atoms with van der Waals surface area (Å²) in [7, 11) is -8.35. The molecule has 160 valence electrons. The highest BCUT2D eigenvalue weighted by molar-refractivity contribution is 14.2. The number of nitrogens with one attached hydrogen (secondary N) is 1. The van der Waals surface area contributed by atoms with Crippen LogP contribution in [0.1, 0.15) is 30.5 Å². The fraction of sp³-hybridized carbons (Fsp3) is 0.238. The van der Waals surface area contributed by atoms with Gasteiger partial charge in [0.05, 0.1) is 37.6 Å². The highest BCUT2D eigenvalue weighted by atomic mass is 127. The molecule has 0 spiro atoms.